The summed E-state index contributed by atoms with van der Waals surface area (Å²) in [5, 5.41) is 0. The number of hydrogen-bond donors (Lipinski definition) is 0. The predicted molar refractivity (Wildman–Crippen MR) is 73.2 cm³/mol. The van der Waals surface area contributed by atoms with Gasteiger partial charge in [-0.2, -0.15) is 0 Å². The first kappa shape index (κ1) is 16.9. The van der Waals surface area contributed by atoms with Crippen molar-refractivity contribution in [3.05, 3.63) is 23.8 Å². The SMILES string of the molecule is C.C/C=C\C=C(C)C.CC1CCCCC1. The van der Waals surface area contributed by atoms with Gasteiger partial charge < -0.3 is 0 Å². The minimum atomic E-state index is 0. The Bertz CT molecular complexity index is 164. The third kappa shape index (κ3) is 13.5. The van der Waals surface area contributed by atoms with E-state index < -0.39 is 0 Å². The monoisotopic (exact) mass is 210 g/mol. The molecule has 0 aromatic carbocycles. The highest BCUT2D eigenvalue weighted by Crippen LogP contribution is 2.22. The van der Waals surface area contributed by atoms with Crippen LogP contribution in [0.25, 0.3) is 0 Å². The molecule has 0 heterocycles. The number of rotatable bonds is 1. The molecule has 1 aliphatic rings. The van der Waals surface area contributed by atoms with Gasteiger partial charge in [-0.1, -0.05) is 70.3 Å². The Labute approximate surface area is 97.5 Å². The van der Waals surface area contributed by atoms with Crippen LogP contribution in [-0.4, -0.2) is 0 Å². The summed E-state index contributed by atoms with van der Waals surface area (Å²) in [7, 11) is 0. The molecular formula is C15H30. The van der Waals surface area contributed by atoms with E-state index in [1.807, 2.05) is 19.1 Å². The largest absolute Gasteiger partial charge is 0.0877 e. The summed E-state index contributed by atoms with van der Waals surface area (Å²) >= 11 is 0. The van der Waals surface area contributed by atoms with Crippen LogP contribution in [0.3, 0.4) is 0 Å². The first-order chi connectivity index (χ1) is 6.66. The zero-order valence-electron chi connectivity index (χ0n) is 10.3. The Morgan fingerprint density at radius 1 is 1.07 bits per heavy atom. The van der Waals surface area contributed by atoms with Gasteiger partial charge in [0.15, 0.2) is 0 Å². The smallest absolute Gasteiger partial charge is 0.0439 e. The summed E-state index contributed by atoms with van der Waals surface area (Å²) < 4.78 is 0. The molecule has 1 fully saturated rings. The second kappa shape index (κ2) is 11.6. The third-order valence-corrected chi connectivity index (χ3v) is 2.52. The van der Waals surface area contributed by atoms with E-state index in [1.165, 1.54) is 37.7 Å². The Hall–Kier alpha value is -0.520. The molecule has 0 bridgehead atoms. The van der Waals surface area contributed by atoms with E-state index >= 15 is 0 Å². The van der Waals surface area contributed by atoms with Crippen LogP contribution in [0.4, 0.5) is 0 Å². The Morgan fingerprint density at radius 2 is 1.60 bits per heavy atom. The Kier molecular flexibility index (Phi) is 13.0. The van der Waals surface area contributed by atoms with Crippen LogP contribution in [0.5, 0.6) is 0 Å². The van der Waals surface area contributed by atoms with Crippen LogP contribution < -0.4 is 0 Å². The lowest BCUT2D eigenvalue weighted by atomic mass is 9.91. The third-order valence-electron chi connectivity index (χ3n) is 2.52. The fourth-order valence-corrected chi connectivity index (χ4v) is 1.60. The molecule has 0 saturated heterocycles. The predicted octanol–water partition coefficient (Wildman–Crippen LogP) is 5.75. The van der Waals surface area contributed by atoms with E-state index in [4.69, 9.17) is 0 Å². The molecule has 0 aromatic rings. The van der Waals surface area contributed by atoms with Gasteiger partial charge in [0.05, 0.1) is 0 Å². The summed E-state index contributed by atoms with van der Waals surface area (Å²) in [6.07, 6.45) is 13.6. The van der Waals surface area contributed by atoms with Crippen molar-refractivity contribution in [2.45, 2.75) is 67.2 Å². The maximum atomic E-state index is 2.36. The summed E-state index contributed by atoms with van der Waals surface area (Å²) in [4.78, 5) is 0. The normalized spacial score (nSPS) is 16.3. The van der Waals surface area contributed by atoms with Crippen molar-refractivity contribution in [3.63, 3.8) is 0 Å². The molecule has 0 unspecified atom stereocenters. The van der Waals surface area contributed by atoms with Gasteiger partial charge in [-0.3, -0.25) is 0 Å². The van der Waals surface area contributed by atoms with E-state index in [1.54, 1.807) is 0 Å². The molecule has 0 spiro atoms. The van der Waals surface area contributed by atoms with Crippen molar-refractivity contribution in [2.75, 3.05) is 0 Å². The van der Waals surface area contributed by atoms with E-state index in [0.717, 1.165) is 5.92 Å². The van der Waals surface area contributed by atoms with Crippen LogP contribution in [-0.2, 0) is 0 Å². The van der Waals surface area contributed by atoms with E-state index in [2.05, 4.69) is 26.8 Å². The second-order valence-electron chi connectivity index (χ2n) is 4.51. The molecule has 0 heteroatoms. The summed E-state index contributed by atoms with van der Waals surface area (Å²) in [6.45, 7) is 8.54. The molecular weight excluding hydrogens is 180 g/mol. The first-order valence-electron chi connectivity index (χ1n) is 5.93. The van der Waals surface area contributed by atoms with Gasteiger partial charge in [-0.15, -0.1) is 0 Å². The van der Waals surface area contributed by atoms with Crippen molar-refractivity contribution in [3.8, 4) is 0 Å². The molecule has 0 nitrogen and oxygen atoms in total. The molecule has 0 amide bonds. The Morgan fingerprint density at radius 3 is 1.80 bits per heavy atom. The molecule has 0 N–H and O–H groups in total. The van der Waals surface area contributed by atoms with Gasteiger partial charge in [-0.25, -0.2) is 0 Å². The minimum Gasteiger partial charge on any atom is -0.0877 e. The van der Waals surface area contributed by atoms with Crippen molar-refractivity contribution >= 4 is 0 Å². The summed E-state index contributed by atoms with van der Waals surface area (Å²) in [6, 6.07) is 0. The van der Waals surface area contributed by atoms with Gasteiger partial charge in [0.25, 0.3) is 0 Å². The molecule has 0 aromatic heterocycles. The fraction of sp³-hybridized carbons (Fsp3) is 0.733. The average molecular weight is 210 g/mol. The molecule has 1 aliphatic carbocycles. The lowest BCUT2D eigenvalue weighted by Crippen LogP contribution is -1.99. The van der Waals surface area contributed by atoms with Crippen LogP contribution in [0.1, 0.15) is 67.2 Å². The van der Waals surface area contributed by atoms with Crippen molar-refractivity contribution in [1.82, 2.24) is 0 Å². The lowest BCUT2D eigenvalue weighted by Gasteiger charge is -2.15. The second-order valence-corrected chi connectivity index (χ2v) is 4.51. The van der Waals surface area contributed by atoms with Gasteiger partial charge in [0.1, 0.15) is 0 Å². The quantitative estimate of drug-likeness (QED) is 0.483. The van der Waals surface area contributed by atoms with Gasteiger partial charge in [0.2, 0.25) is 0 Å². The van der Waals surface area contributed by atoms with E-state index in [0.29, 0.717) is 0 Å². The molecule has 0 aliphatic heterocycles. The zero-order chi connectivity index (χ0) is 10.8. The maximum Gasteiger partial charge on any atom is -0.0439 e. The highest BCUT2D eigenvalue weighted by atomic mass is 14.1. The first-order valence-corrected chi connectivity index (χ1v) is 5.93. The standard InChI is InChI=1S/C7H14.C7H12.CH4/c1-7-5-3-2-4-6-7;1-4-5-6-7(2)3;/h7H,2-6H2,1H3;4-6H,1-3H3;1H4/b;5-4-;. The molecule has 90 valence electrons. The van der Waals surface area contributed by atoms with Crippen molar-refractivity contribution in [2.24, 2.45) is 5.92 Å². The fourth-order valence-electron chi connectivity index (χ4n) is 1.60. The van der Waals surface area contributed by atoms with Crippen molar-refractivity contribution in [1.29, 1.82) is 0 Å². The molecule has 1 saturated carbocycles. The van der Waals surface area contributed by atoms with Gasteiger partial charge in [-0.05, 0) is 26.7 Å². The lowest BCUT2D eigenvalue weighted by molar-refractivity contribution is 0.385. The van der Waals surface area contributed by atoms with Crippen LogP contribution in [0.15, 0.2) is 23.8 Å². The minimum absolute atomic E-state index is 0. The van der Waals surface area contributed by atoms with E-state index in [-0.39, 0.29) is 7.43 Å². The molecule has 15 heavy (non-hydrogen) atoms. The maximum absolute atomic E-state index is 2.36. The molecule has 0 atom stereocenters. The van der Waals surface area contributed by atoms with Crippen molar-refractivity contribution < 1.29 is 0 Å². The molecule has 0 radical (unpaired) electrons. The highest BCUT2D eigenvalue weighted by Gasteiger charge is 2.05. The molecule has 1 rings (SSSR count). The summed E-state index contributed by atoms with van der Waals surface area (Å²) in [5.41, 5.74) is 1.35. The number of hydrogen-bond acceptors (Lipinski definition) is 0. The highest BCUT2D eigenvalue weighted by molar-refractivity contribution is 5.06. The van der Waals surface area contributed by atoms with Crippen LogP contribution in [0.2, 0.25) is 0 Å². The Balaban J connectivity index is 0. The van der Waals surface area contributed by atoms with Gasteiger partial charge >= 0.3 is 0 Å². The van der Waals surface area contributed by atoms with Gasteiger partial charge in [0, 0.05) is 0 Å². The topological polar surface area (TPSA) is 0 Å². The summed E-state index contributed by atoms with van der Waals surface area (Å²) in [5.74, 6) is 1.04. The van der Waals surface area contributed by atoms with E-state index in [9.17, 15) is 0 Å². The number of allylic oxidation sites excluding steroid dienone is 4. The van der Waals surface area contributed by atoms with Crippen LogP contribution >= 0.6 is 0 Å². The average Bonchev–Trinajstić information content (AvgIpc) is 2.17. The zero-order valence-corrected chi connectivity index (χ0v) is 10.3. The van der Waals surface area contributed by atoms with Crippen LogP contribution in [0, 0.1) is 5.92 Å².